The number of hydrogen-bond acceptors (Lipinski definition) is 5. The fourth-order valence-corrected chi connectivity index (χ4v) is 3.06. The summed E-state index contributed by atoms with van der Waals surface area (Å²) in [7, 11) is 0. The maximum atomic E-state index is 6.49. The Labute approximate surface area is 157 Å². The summed E-state index contributed by atoms with van der Waals surface area (Å²) >= 11 is 0. The minimum absolute atomic E-state index is 0. The Morgan fingerprint density at radius 3 is 2.54 bits per heavy atom. The van der Waals surface area contributed by atoms with Crippen molar-refractivity contribution >= 4 is 29.2 Å². The molecule has 0 spiro atoms. The van der Waals surface area contributed by atoms with Crippen molar-refractivity contribution in [2.45, 2.75) is 12.5 Å². The van der Waals surface area contributed by atoms with E-state index in [2.05, 4.69) is 10.1 Å². The first kappa shape index (κ1) is 17.9. The zero-order chi connectivity index (χ0) is 17.2. The van der Waals surface area contributed by atoms with Crippen LogP contribution in [0.5, 0.6) is 0 Å². The maximum absolute atomic E-state index is 6.49. The molecule has 0 aliphatic rings. The molecule has 0 amide bonds. The van der Waals surface area contributed by atoms with Crippen molar-refractivity contribution in [1.82, 2.24) is 10.1 Å². The number of halogens is 1. The van der Waals surface area contributed by atoms with Crippen LogP contribution in [-0.2, 0) is 6.42 Å². The first-order chi connectivity index (χ1) is 12.2. The van der Waals surface area contributed by atoms with E-state index in [1.807, 2.05) is 60.7 Å². The van der Waals surface area contributed by atoms with Crippen LogP contribution in [0.25, 0.3) is 22.2 Å². The van der Waals surface area contributed by atoms with Crippen LogP contribution in [0.3, 0.4) is 0 Å². The molecule has 6 heteroatoms. The minimum atomic E-state index is -0.221. The van der Waals surface area contributed by atoms with Crippen molar-refractivity contribution in [3.8, 4) is 11.3 Å². The van der Waals surface area contributed by atoms with E-state index in [1.165, 1.54) is 0 Å². The fourth-order valence-electron chi connectivity index (χ4n) is 3.06. The number of nitrogens with zero attached hydrogens (tertiary/aromatic N) is 2. The molecule has 2 aromatic carbocycles. The highest BCUT2D eigenvalue weighted by atomic mass is 35.5. The van der Waals surface area contributed by atoms with Gasteiger partial charge in [0.1, 0.15) is 11.5 Å². The molecule has 4 N–H and O–H groups in total. The van der Waals surface area contributed by atoms with Crippen LogP contribution in [0.15, 0.2) is 71.3 Å². The van der Waals surface area contributed by atoms with E-state index in [1.54, 1.807) is 6.07 Å². The van der Waals surface area contributed by atoms with Crippen LogP contribution in [0.1, 0.15) is 17.3 Å². The molecule has 0 saturated heterocycles. The van der Waals surface area contributed by atoms with E-state index in [4.69, 9.17) is 16.0 Å². The predicted octanol–water partition coefficient (Wildman–Crippen LogP) is 4.14. The van der Waals surface area contributed by atoms with E-state index < -0.39 is 0 Å². The number of benzene rings is 2. The summed E-state index contributed by atoms with van der Waals surface area (Å²) < 4.78 is 5.45. The monoisotopic (exact) mass is 366 g/mol. The Morgan fingerprint density at radius 2 is 1.69 bits per heavy atom. The van der Waals surface area contributed by atoms with Crippen LogP contribution in [0.4, 0.5) is 5.82 Å². The quantitative estimate of drug-likeness (QED) is 0.566. The van der Waals surface area contributed by atoms with Crippen molar-refractivity contribution in [2.75, 3.05) is 5.73 Å². The number of nitrogen functional groups attached to an aromatic ring is 1. The Balaban J connectivity index is 0.00000196. The van der Waals surface area contributed by atoms with Crippen LogP contribution in [0, 0.1) is 0 Å². The topological polar surface area (TPSA) is 91.0 Å². The lowest BCUT2D eigenvalue weighted by Gasteiger charge is -2.15. The van der Waals surface area contributed by atoms with E-state index in [9.17, 15) is 0 Å². The summed E-state index contributed by atoms with van der Waals surface area (Å²) in [5.41, 5.74) is 16.7. The average Bonchev–Trinajstić information content (AvgIpc) is 3.06. The lowest BCUT2D eigenvalue weighted by Crippen LogP contribution is -2.15. The smallest absolute Gasteiger partial charge is 0.167 e. The first-order valence-electron chi connectivity index (χ1n) is 8.13. The van der Waals surface area contributed by atoms with Crippen molar-refractivity contribution in [1.29, 1.82) is 0 Å². The highest BCUT2D eigenvalue weighted by molar-refractivity contribution is 5.92. The molecule has 2 heterocycles. The van der Waals surface area contributed by atoms with Crippen molar-refractivity contribution in [3.63, 3.8) is 0 Å². The van der Waals surface area contributed by atoms with Gasteiger partial charge in [-0.1, -0.05) is 47.6 Å². The second-order valence-corrected chi connectivity index (χ2v) is 5.98. The molecule has 4 aromatic rings. The molecule has 26 heavy (non-hydrogen) atoms. The molecule has 1 atom stereocenters. The number of hydrogen-bond donors (Lipinski definition) is 2. The van der Waals surface area contributed by atoms with Crippen molar-refractivity contribution in [2.24, 2.45) is 5.73 Å². The van der Waals surface area contributed by atoms with Gasteiger partial charge in [0.25, 0.3) is 0 Å². The van der Waals surface area contributed by atoms with Crippen molar-refractivity contribution < 1.29 is 4.52 Å². The molecule has 1 unspecified atom stereocenters. The van der Waals surface area contributed by atoms with Gasteiger partial charge in [0.2, 0.25) is 0 Å². The van der Waals surface area contributed by atoms with Gasteiger partial charge in [-0.05, 0) is 29.8 Å². The Kier molecular flexibility index (Phi) is 5.21. The third-order valence-corrected chi connectivity index (χ3v) is 4.25. The highest BCUT2D eigenvalue weighted by Crippen LogP contribution is 2.33. The normalized spacial score (nSPS) is 11.9. The average molecular weight is 367 g/mol. The van der Waals surface area contributed by atoms with Gasteiger partial charge >= 0.3 is 0 Å². The number of anilines is 1. The lowest BCUT2D eigenvalue weighted by molar-refractivity contribution is 0.459. The van der Waals surface area contributed by atoms with Gasteiger partial charge in [-0.3, -0.25) is 0 Å². The predicted molar refractivity (Wildman–Crippen MR) is 106 cm³/mol. The second-order valence-electron chi connectivity index (χ2n) is 5.98. The molecule has 0 aliphatic carbocycles. The van der Waals surface area contributed by atoms with Gasteiger partial charge in [-0.25, -0.2) is 4.98 Å². The molecule has 132 valence electrons. The Hall–Kier alpha value is -2.89. The maximum Gasteiger partial charge on any atom is 0.167 e. The summed E-state index contributed by atoms with van der Waals surface area (Å²) in [4.78, 5) is 4.34. The number of nitrogens with two attached hydrogens (primary N) is 2. The Bertz CT molecular complexity index is 1030. The zero-order valence-electron chi connectivity index (χ0n) is 14.0. The number of aromatic nitrogens is 2. The molecule has 0 fully saturated rings. The molecule has 0 bridgehead atoms. The van der Waals surface area contributed by atoms with Gasteiger partial charge in [0.05, 0.1) is 0 Å². The molecular weight excluding hydrogens is 348 g/mol. The van der Waals surface area contributed by atoms with Crippen molar-refractivity contribution in [3.05, 3.63) is 78.0 Å². The standard InChI is InChI=1S/C20H18N4O.ClH/c21-17(12-13-6-5-11-19(22)23-13)14-7-1-2-8-15(14)20-16-9-3-4-10-18(16)25-24-20;/h1-11,17H,12,21H2,(H2,22,23);1H. The summed E-state index contributed by atoms with van der Waals surface area (Å²) in [5.74, 6) is 0.500. The molecule has 4 rings (SSSR count). The summed E-state index contributed by atoms with van der Waals surface area (Å²) in [5, 5.41) is 5.24. The van der Waals surface area contributed by atoms with Gasteiger partial charge in [0, 0.05) is 29.1 Å². The number of para-hydroxylation sites is 1. The summed E-state index contributed by atoms with van der Waals surface area (Å²) in [6, 6.07) is 21.2. The van der Waals surface area contributed by atoms with Gasteiger partial charge < -0.3 is 16.0 Å². The second kappa shape index (κ2) is 7.56. The summed E-state index contributed by atoms with van der Waals surface area (Å²) in [6.45, 7) is 0. The SMILES string of the molecule is Cl.Nc1cccc(CC(N)c2ccccc2-c2noc3ccccc23)n1. The fraction of sp³-hybridized carbons (Fsp3) is 0.100. The third-order valence-electron chi connectivity index (χ3n) is 4.25. The zero-order valence-corrected chi connectivity index (χ0v) is 14.8. The van der Waals surface area contributed by atoms with Gasteiger partial charge in [-0.15, -0.1) is 12.4 Å². The first-order valence-corrected chi connectivity index (χ1v) is 8.13. The lowest BCUT2D eigenvalue weighted by atomic mass is 9.94. The molecule has 0 saturated carbocycles. The number of fused-ring (bicyclic) bond motifs is 1. The van der Waals surface area contributed by atoms with E-state index in [0.29, 0.717) is 12.2 Å². The van der Waals surface area contributed by atoms with Crippen LogP contribution < -0.4 is 11.5 Å². The minimum Gasteiger partial charge on any atom is -0.384 e. The third kappa shape index (κ3) is 3.40. The van der Waals surface area contributed by atoms with E-state index >= 15 is 0 Å². The van der Waals surface area contributed by atoms with E-state index in [0.717, 1.165) is 33.5 Å². The van der Waals surface area contributed by atoms with Crippen LogP contribution in [-0.4, -0.2) is 10.1 Å². The van der Waals surface area contributed by atoms with Crippen LogP contribution >= 0.6 is 12.4 Å². The Morgan fingerprint density at radius 1 is 0.923 bits per heavy atom. The van der Waals surface area contributed by atoms with Gasteiger partial charge in [0.15, 0.2) is 5.58 Å². The van der Waals surface area contributed by atoms with Gasteiger partial charge in [-0.2, -0.15) is 0 Å². The van der Waals surface area contributed by atoms with E-state index in [-0.39, 0.29) is 18.4 Å². The molecule has 0 aliphatic heterocycles. The number of pyridine rings is 1. The highest BCUT2D eigenvalue weighted by Gasteiger charge is 2.18. The number of rotatable bonds is 4. The molecule has 0 radical (unpaired) electrons. The largest absolute Gasteiger partial charge is 0.384 e. The molecular formula is C20H19ClN4O. The molecule has 2 aromatic heterocycles. The molecule has 5 nitrogen and oxygen atoms in total. The van der Waals surface area contributed by atoms with Crippen LogP contribution in [0.2, 0.25) is 0 Å². The summed E-state index contributed by atoms with van der Waals surface area (Å²) in [6.07, 6.45) is 0.595.